The number of aryl methyl sites for hydroxylation is 1. The minimum absolute atomic E-state index is 0.154. The molecule has 19 heavy (non-hydrogen) atoms. The first-order valence-electron chi connectivity index (χ1n) is 6.44. The fourth-order valence-corrected chi connectivity index (χ4v) is 3.06. The highest BCUT2D eigenvalue weighted by Gasteiger charge is 2.28. The van der Waals surface area contributed by atoms with Gasteiger partial charge in [0.1, 0.15) is 0 Å². The molecule has 0 N–H and O–H groups in total. The third-order valence-electron chi connectivity index (χ3n) is 3.94. The van der Waals surface area contributed by atoms with E-state index in [-0.39, 0.29) is 5.78 Å². The first-order valence-corrected chi connectivity index (χ1v) is 6.44. The van der Waals surface area contributed by atoms with Crippen molar-refractivity contribution >= 4 is 16.6 Å². The molecule has 0 atom stereocenters. The van der Waals surface area contributed by atoms with Crippen LogP contribution in [0.5, 0.6) is 0 Å². The Labute approximate surface area is 111 Å². The van der Waals surface area contributed by atoms with Gasteiger partial charge in [0.2, 0.25) is 0 Å². The summed E-state index contributed by atoms with van der Waals surface area (Å²) in [5, 5.41) is 2.24. The topological polar surface area (TPSA) is 17.1 Å². The van der Waals surface area contributed by atoms with Crippen LogP contribution in [0.2, 0.25) is 0 Å². The van der Waals surface area contributed by atoms with Crippen molar-refractivity contribution in [1.82, 2.24) is 0 Å². The first kappa shape index (κ1) is 10.5. The number of carbonyl (C=O) groups excluding carboxylic acids is 1. The normalized spacial score (nSPS) is 12.6. The van der Waals surface area contributed by atoms with Crippen LogP contribution in [0, 0.1) is 6.92 Å². The Morgan fingerprint density at radius 1 is 0.737 bits per heavy atom. The molecule has 0 radical (unpaired) electrons. The van der Waals surface area contributed by atoms with Crippen LogP contribution < -0.4 is 0 Å². The Bertz CT molecular complexity index is 843. The monoisotopic (exact) mass is 244 g/mol. The van der Waals surface area contributed by atoms with E-state index in [1.54, 1.807) is 0 Å². The second-order valence-electron chi connectivity index (χ2n) is 5.04. The minimum Gasteiger partial charge on any atom is -0.289 e. The van der Waals surface area contributed by atoms with Crippen molar-refractivity contribution < 1.29 is 4.79 Å². The first-order chi connectivity index (χ1) is 9.27. The van der Waals surface area contributed by atoms with E-state index in [9.17, 15) is 4.79 Å². The number of hydrogen-bond donors (Lipinski definition) is 0. The minimum atomic E-state index is 0.154. The summed E-state index contributed by atoms with van der Waals surface area (Å²) in [5.41, 5.74) is 5.06. The summed E-state index contributed by atoms with van der Waals surface area (Å²) in [4.78, 5) is 12.6. The molecular weight excluding hydrogens is 232 g/mol. The van der Waals surface area contributed by atoms with Gasteiger partial charge >= 0.3 is 0 Å². The lowest BCUT2D eigenvalue weighted by Gasteiger charge is -2.08. The Hall–Kier alpha value is -2.41. The van der Waals surface area contributed by atoms with Crippen molar-refractivity contribution in [2.75, 3.05) is 0 Å². The molecule has 0 heterocycles. The van der Waals surface area contributed by atoms with Crippen LogP contribution in [0.4, 0.5) is 0 Å². The van der Waals surface area contributed by atoms with Crippen LogP contribution in [0.25, 0.3) is 21.9 Å². The largest absolute Gasteiger partial charge is 0.289 e. The molecule has 0 saturated carbocycles. The van der Waals surface area contributed by atoms with Crippen molar-refractivity contribution in [2.24, 2.45) is 0 Å². The summed E-state index contributed by atoms with van der Waals surface area (Å²) in [6.07, 6.45) is 0. The molecule has 3 aromatic carbocycles. The van der Waals surface area contributed by atoms with E-state index in [0.717, 1.165) is 27.6 Å². The summed E-state index contributed by atoms with van der Waals surface area (Å²) in [5.74, 6) is 0.154. The fraction of sp³-hybridized carbons (Fsp3) is 0.0556. The van der Waals surface area contributed by atoms with Gasteiger partial charge < -0.3 is 0 Å². The zero-order valence-corrected chi connectivity index (χ0v) is 10.6. The standard InChI is InChI=1S/C18H12O/c1-11-10-16-13-7-3-5-9-15(13)18(19)17(16)14-8-4-2-6-12(11)14/h2-10H,1H3. The molecular formula is C18H12O. The lowest BCUT2D eigenvalue weighted by atomic mass is 9.95. The second kappa shape index (κ2) is 3.55. The molecule has 1 aliphatic rings. The lowest BCUT2D eigenvalue weighted by Crippen LogP contribution is -1.96. The van der Waals surface area contributed by atoms with Gasteiger partial charge in [0.25, 0.3) is 0 Å². The predicted molar refractivity (Wildman–Crippen MR) is 77.6 cm³/mol. The molecule has 1 nitrogen and oxygen atoms in total. The van der Waals surface area contributed by atoms with Gasteiger partial charge in [-0.25, -0.2) is 0 Å². The molecule has 0 spiro atoms. The van der Waals surface area contributed by atoms with Crippen molar-refractivity contribution in [3.05, 3.63) is 71.3 Å². The predicted octanol–water partition coefficient (Wildman–Crippen LogP) is 4.36. The summed E-state index contributed by atoms with van der Waals surface area (Å²) in [6.45, 7) is 2.11. The summed E-state index contributed by atoms with van der Waals surface area (Å²) >= 11 is 0. The van der Waals surface area contributed by atoms with Gasteiger partial charge in [-0.2, -0.15) is 0 Å². The fourth-order valence-electron chi connectivity index (χ4n) is 3.06. The average Bonchev–Trinajstić information content (AvgIpc) is 2.73. The molecule has 1 heteroatoms. The van der Waals surface area contributed by atoms with Gasteiger partial charge in [0, 0.05) is 11.1 Å². The quantitative estimate of drug-likeness (QED) is 0.449. The molecule has 0 unspecified atom stereocenters. The van der Waals surface area contributed by atoms with E-state index in [1.165, 1.54) is 10.9 Å². The summed E-state index contributed by atoms with van der Waals surface area (Å²) in [6, 6.07) is 18.2. The molecule has 4 rings (SSSR count). The van der Waals surface area contributed by atoms with Crippen LogP contribution in [0.15, 0.2) is 54.6 Å². The van der Waals surface area contributed by atoms with Gasteiger partial charge in [-0.15, -0.1) is 0 Å². The highest BCUT2D eigenvalue weighted by Crippen LogP contribution is 2.41. The molecule has 0 fully saturated rings. The maximum Gasteiger partial charge on any atom is 0.194 e. The zero-order valence-electron chi connectivity index (χ0n) is 10.6. The Kier molecular flexibility index (Phi) is 1.96. The van der Waals surface area contributed by atoms with Crippen molar-refractivity contribution in [3.8, 4) is 11.1 Å². The van der Waals surface area contributed by atoms with E-state index in [4.69, 9.17) is 0 Å². The number of benzene rings is 3. The highest BCUT2D eigenvalue weighted by atomic mass is 16.1. The summed E-state index contributed by atoms with van der Waals surface area (Å²) < 4.78 is 0. The molecule has 1 aliphatic carbocycles. The van der Waals surface area contributed by atoms with Crippen LogP contribution in [-0.2, 0) is 0 Å². The summed E-state index contributed by atoms with van der Waals surface area (Å²) in [7, 11) is 0. The van der Waals surface area contributed by atoms with Crippen molar-refractivity contribution in [3.63, 3.8) is 0 Å². The van der Waals surface area contributed by atoms with Gasteiger partial charge in [0.05, 0.1) is 0 Å². The molecule has 90 valence electrons. The van der Waals surface area contributed by atoms with Gasteiger partial charge in [-0.3, -0.25) is 4.79 Å². The van der Waals surface area contributed by atoms with Gasteiger partial charge in [-0.05, 0) is 34.4 Å². The van der Waals surface area contributed by atoms with Crippen LogP contribution >= 0.6 is 0 Å². The molecule has 0 aliphatic heterocycles. The molecule has 0 aromatic heterocycles. The Balaban J connectivity index is 2.22. The number of carbonyl (C=O) groups is 1. The number of fused-ring (bicyclic) bond motifs is 5. The zero-order chi connectivity index (χ0) is 13.0. The average molecular weight is 244 g/mol. The van der Waals surface area contributed by atoms with E-state index < -0.39 is 0 Å². The second-order valence-corrected chi connectivity index (χ2v) is 5.04. The number of hydrogen-bond acceptors (Lipinski definition) is 1. The molecule has 0 amide bonds. The highest BCUT2D eigenvalue weighted by molar-refractivity contribution is 6.27. The maximum absolute atomic E-state index is 12.6. The van der Waals surface area contributed by atoms with Gasteiger partial charge in [-0.1, -0.05) is 54.6 Å². The Morgan fingerprint density at radius 2 is 1.37 bits per heavy atom. The smallest absolute Gasteiger partial charge is 0.194 e. The van der Waals surface area contributed by atoms with E-state index in [2.05, 4.69) is 19.1 Å². The van der Waals surface area contributed by atoms with Crippen LogP contribution in [0.1, 0.15) is 21.5 Å². The number of ketones is 1. The lowest BCUT2D eigenvalue weighted by molar-refractivity contribution is 0.104. The van der Waals surface area contributed by atoms with Crippen LogP contribution in [0.3, 0.4) is 0 Å². The van der Waals surface area contributed by atoms with E-state index in [1.807, 2.05) is 42.5 Å². The van der Waals surface area contributed by atoms with Crippen molar-refractivity contribution in [2.45, 2.75) is 6.92 Å². The molecule has 0 bridgehead atoms. The van der Waals surface area contributed by atoms with Crippen LogP contribution in [-0.4, -0.2) is 5.78 Å². The third kappa shape index (κ3) is 1.27. The third-order valence-corrected chi connectivity index (χ3v) is 3.94. The van der Waals surface area contributed by atoms with Gasteiger partial charge in [0.15, 0.2) is 5.78 Å². The maximum atomic E-state index is 12.6. The Morgan fingerprint density at radius 3 is 2.16 bits per heavy atom. The molecule has 3 aromatic rings. The number of rotatable bonds is 0. The molecule has 0 saturated heterocycles. The van der Waals surface area contributed by atoms with E-state index >= 15 is 0 Å². The van der Waals surface area contributed by atoms with Crippen molar-refractivity contribution in [1.29, 1.82) is 0 Å². The SMILES string of the molecule is Cc1cc2c(c3ccccc13)C(=O)c1ccccc1-2. The van der Waals surface area contributed by atoms with E-state index in [0.29, 0.717) is 0 Å².